The van der Waals surface area contributed by atoms with E-state index in [1.165, 1.54) is 12.0 Å². The Morgan fingerprint density at radius 1 is 1.11 bits per heavy atom. The molecule has 0 heterocycles. The second-order valence-corrected chi connectivity index (χ2v) is 4.20. The number of hydroxylamine groups is 2. The van der Waals surface area contributed by atoms with Crippen molar-refractivity contribution in [2.75, 3.05) is 5.73 Å². The maximum Gasteiger partial charge on any atom is 0.252 e. The molecule has 2 aromatic carbocycles. The van der Waals surface area contributed by atoms with Crippen LogP contribution in [0.3, 0.4) is 0 Å². The molecule has 0 atom stereocenters. The Labute approximate surface area is 112 Å². The highest BCUT2D eigenvalue weighted by atomic mass is 16.7. The summed E-state index contributed by atoms with van der Waals surface area (Å²) in [6.07, 6.45) is 0. The Balaban J connectivity index is 2.08. The van der Waals surface area contributed by atoms with E-state index in [0.717, 1.165) is 5.56 Å². The summed E-state index contributed by atoms with van der Waals surface area (Å²) >= 11 is 0. The van der Waals surface area contributed by atoms with E-state index in [0.29, 0.717) is 18.0 Å². The maximum atomic E-state index is 11.6. The molecule has 19 heavy (non-hydrogen) atoms. The molecular weight excluding hydrogens is 240 g/mol. The van der Waals surface area contributed by atoms with Crippen molar-refractivity contribution in [3.05, 3.63) is 60.2 Å². The lowest BCUT2D eigenvalue weighted by molar-refractivity contribution is -0.156. The number of anilines is 1. The maximum absolute atomic E-state index is 11.6. The molecule has 2 N–H and O–H groups in total. The molecule has 4 nitrogen and oxygen atoms in total. The van der Waals surface area contributed by atoms with Gasteiger partial charge in [0.2, 0.25) is 0 Å². The Morgan fingerprint density at radius 2 is 1.74 bits per heavy atom. The van der Waals surface area contributed by atoms with Gasteiger partial charge in [-0.15, -0.1) is 0 Å². The molecule has 4 heteroatoms. The number of hydrogen-bond donors (Lipinski definition) is 1. The van der Waals surface area contributed by atoms with Gasteiger partial charge in [0.1, 0.15) is 0 Å². The summed E-state index contributed by atoms with van der Waals surface area (Å²) in [6.45, 7) is 1.88. The molecule has 0 unspecified atom stereocenters. The van der Waals surface area contributed by atoms with Gasteiger partial charge in [-0.05, 0) is 29.8 Å². The molecule has 0 spiro atoms. The van der Waals surface area contributed by atoms with Crippen LogP contribution in [0.5, 0.6) is 5.75 Å². The summed E-state index contributed by atoms with van der Waals surface area (Å²) in [5, 5.41) is 1.32. The van der Waals surface area contributed by atoms with E-state index in [-0.39, 0.29) is 5.91 Å². The van der Waals surface area contributed by atoms with Crippen LogP contribution >= 0.6 is 0 Å². The highest BCUT2D eigenvalue weighted by Gasteiger charge is 2.11. The minimum Gasteiger partial charge on any atom is -0.399 e. The van der Waals surface area contributed by atoms with Crippen LogP contribution in [0.4, 0.5) is 5.69 Å². The van der Waals surface area contributed by atoms with Crippen molar-refractivity contribution in [3.8, 4) is 5.75 Å². The quantitative estimate of drug-likeness (QED) is 0.675. The molecule has 98 valence electrons. The molecule has 0 aliphatic carbocycles. The van der Waals surface area contributed by atoms with Crippen molar-refractivity contribution in [2.24, 2.45) is 0 Å². The minimum atomic E-state index is -0.152. The largest absolute Gasteiger partial charge is 0.399 e. The van der Waals surface area contributed by atoms with E-state index in [9.17, 15) is 4.79 Å². The topological polar surface area (TPSA) is 55.6 Å². The summed E-state index contributed by atoms with van der Waals surface area (Å²) in [6, 6.07) is 16.6. The zero-order chi connectivity index (χ0) is 13.7. The van der Waals surface area contributed by atoms with Gasteiger partial charge in [-0.1, -0.05) is 30.3 Å². The minimum absolute atomic E-state index is 0.152. The third-order valence-electron chi connectivity index (χ3n) is 2.62. The molecule has 0 aliphatic rings. The molecule has 0 saturated carbocycles. The Morgan fingerprint density at radius 3 is 2.32 bits per heavy atom. The van der Waals surface area contributed by atoms with Crippen LogP contribution in [0, 0.1) is 0 Å². The van der Waals surface area contributed by atoms with Gasteiger partial charge in [0.05, 0.1) is 6.54 Å². The fraction of sp³-hybridized carbons (Fsp3) is 0.133. The van der Waals surface area contributed by atoms with E-state index in [4.69, 9.17) is 10.6 Å². The molecule has 1 amide bonds. The number of benzene rings is 2. The van der Waals surface area contributed by atoms with Gasteiger partial charge >= 0.3 is 0 Å². The number of amides is 1. The number of nitrogen functional groups attached to an aromatic ring is 1. The lowest BCUT2D eigenvalue weighted by Crippen LogP contribution is -2.31. The zero-order valence-electron chi connectivity index (χ0n) is 10.7. The average Bonchev–Trinajstić information content (AvgIpc) is 2.41. The standard InChI is InChI=1S/C15H16N2O2/c1-12(18)17(11-13-5-3-2-4-6-13)19-15-9-7-14(16)8-10-15/h2-10H,11,16H2,1H3. The molecule has 0 radical (unpaired) electrons. The number of hydrogen-bond acceptors (Lipinski definition) is 3. The highest BCUT2D eigenvalue weighted by Crippen LogP contribution is 2.16. The predicted molar refractivity (Wildman–Crippen MR) is 74.1 cm³/mol. The van der Waals surface area contributed by atoms with Crippen LogP contribution in [0.15, 0.2) is 54.6 Å². The molecule has 2 aromatic rings. The van der Waals surface area contributed by atoms with Crippen LogP contribution < -0.4 is 10.6 Å². The summed E-state index contributed by atoms with van der Waals surface area (Å²) < 4.78 is 0. The van der Waals surface area contributed by atoms with Crippen LogP contribution in [0.25, 0.3) is 0 Å². The first-order valence-corrected chi connectivity index (χ1v) is 6.00. The van der Waals surface area contributed by atoms with E-state index in [2.05, 4.69) is 0 Å². The SMILES string of the molecule is CC(=O)N(Cc1ccccc1)Oc1ccc(N)cc1. The second-order valence-electron chi connectivity index (χ2n) is 4.20. The van der Waals surface area contributed by atoms with Crippen molar-refractivity contribution >= 4 is 11.6 Å². The zero-order valence-corrected chi connectivity index (χ0v) is 10.7. The van der Waals surface area contributed by atoms with Crippen molar-refractivity contribution in [1.82, 2.24) is 5.06 Å². The molecule has 0 aromatic heterocycles. The number of nitrogens with two attached hydrogens (primary N) is 1. The first kappa shape index (κ1) is 13.0. The summed E-state index contributed by atoms with van der Waals surface area (Å²) in [5.41, 5.74) is 7.27. The summed E-state index contributed by atoms with van der Waals surface area (Å²) in [7, 11) is 0. The summed E-state index contributed by atoms with van der Waals surface area (Å²) in [5.74, 6) is 0.431. The van der Waals surface area contributed by atoms with Gasteiger partial charge in [-0.3, -0.25) is 4.79 Å². The van der Waals surface area contributed by atoms with Gasteiger partial charge in [0.15, 0.2) is 5.75 Å². The Bertz CT molecular complexity index is 538. The fourth-order valence-corrected chi connectivity index (χ4v) is 1.61. The molecule has 0 saturated heterocycles. The van der Waals surface area contributed by atoms with Gasteiger partial charge in [0, 0.05) is 12.6 Å². The number of carbonyl (C=O) groups excluding carboxylic acids is 1. The summed E-state index contributed by atoms with van der Waals surface area (Å²) in [4.78, 5) is 17.2. The van der Waals surface area contributed by atoms with Crippen LogP contribution in [0.2, 0.25) is 0 Å². The molecular formula is C15H16N2O2. The molecule has 2 rings (SSSR count). The van der Waals surface area contributed by atoms with Crippen molar-refractivity contribution < 1.29 is 9.63 Å². The van der Waals surface area contributed by atoms with Crippen molar-refractivity contribution in [3.63, 3.8) is 0 Å². The van der Waals surface area contributed by atoms with Gasteiger partial charge in [-0.2, -0.15) is 5.06 Å². The molecule has 0 fully saturated rings. The van der Waals surface area contributed by atoms with Crippen molar-refractivity contribution in [1.29, 1.82) is 0 Å². The fourth-order valence-electron chi connectivity index (χ4n) is 1.61. The lowest BCUT2D eigenvalue weighted by Gasteiger charge is -2.21. The third kappa shape index (κ3) is 3.74. The Kier molecular flexibility index (Phi) is 4.03. The Hall–Kier alpha value is -2.49. The van der Waals surface area contributed by atoms with E-state index >= 15 is 0 Å². The van der Waals surface area contributed by atoms with E-state index in [1.807, 2.05) is 30.3 Å². The van der Waals surface area contributed by atoms with Gasteiger partial charge < -0.3 is 10.6 Å². The first-order valence-electron chi connectivity index (χ1n) is 6.00. The second kappa shape index (κ2) is 5.91. The van der Waals surface area contributed by atoms with Crippen LogP contribution in [0.1, 0.15) is 12.5 Å². The number of carbonyl (C=O) groups is 1. The monoisotopic (exact) mass is 256 g/mol. The number of rotatable bonds is 4. The van der Waals surface area contributed by atoms with Crippen molar-refractivity contribution in [2.45, 2.75) is 13.5 Å². The van der Waals surface area contributed by atoms with Gasteiger partial charge in [-0.25, -0.2) is 0 Å². The smallest absolute Gasteiger partial charge is 0.252 e. The third-order valence-corrected chi connectivity index (χ3v) is 2.62. The van der Waals surface area contributed by atoms with Gasteiger partial charge in [0.25, 0.3) is 5.91 Å². The molecule has 0 aliphatic heterocycles. The first-order chi connectivity index (χ1) is 9.15. The average molecular weight is 256 g/mol. The highest BCUT2D eigenvalue weighted by molar-refractivity contribution is 5.72. The normalized spacial score (nSPS) is 9.95. The lowest BCUT2D eigenvalue weighted by atomic mass is 10.2. The van der Waals surface area contributed by atoms with Crippen LogP contribution in [-0.4, -0.2) is 11.0 Å². The number of nitrogens with zero attached hydrogens (tertiary/aromatic N) is 1. The van der Waals surface area contributed by atoms with Crippen LogP contribution in [-0.2, 0) is 11.3 Å². The van der Waals surface area contributed by atoms with E-state index < -0.39 is 0 Å². The molecule has 0 bridgehead atoms. The predicted octanol–water partition coefficient (Wildman–Crippen LogP) is 2.61. The van der Waals surface area contributed by atoms with E-state index in [1.54, 1.807) is 24.3 Å².